The van der Waals surface area contributed by atoms with Gasteiger partial charge in [-0.15, -0.1) is 0 Å². The Labute approximate surface area is 212 Å². The van der Waals surface area contributed by atoms with E-state index in [9.17, 15) is 33.3 Å². The molecule has 2 amide bonds. The van der Waals surface area contributed by atoms with Gasteiger partial charge in [-0.05, 0) is 0 Å². The maximum atomic E-state index is 13.0. The van der Waals surface area contributed by atoms with Crippen LogP contribution in [0.5, 0.6) is 0 Å². The Bertz CT molecular complexity index is 1190. The van der Waals surface area contributed by atoms with Gasteiger partial charge in [0, 0.05) is 0 Å². The van der Waals surface area contributed by atoms with Crippen LogP contribution in [0.2, 0.25) is 0 Å². The van der Waals surface area contributed by atoms with Crippen LogP contribution in [0, 0.1) is 5.92 Å². The molecule has 4 rings (SSSR count). The molecule has 35 heavy (non-hydrogen) atoms. The van der Waals surface area contributed by atoms with Crippen LogP contribution < -0.4 is 36.5 Å². The number of fused-ring (bicyclic) bond motifs is 3. The molecule has 3 aliphatic heterocycles. The summed E-state index contributed by atoms with van der Waals surface area (Å²) < 4.78 is 22.9. The van der Waals surface area contributed by atoms with Crippen molar-refractivity contribution in [3.05, 3.63) is 11.1 Å². The number of halogens is 1. The summed E-state index contributed by atoms with van der Waals surface area (Å²) in [6.45, 7) is -0.877. The van der Waals surface area contributed by atoms with Gasteiger partial charge in [0.15, 0.2) is 0 Å². The minimum absolute atomic E-state index is 0.0628. The zero-order valence-electron chi connectivity index (χ0n) is 17.2. The van der Waals surface area contributed by atoms with E-state index in [0.717, 1.165) is 11.3 Å². The molecular formula is C16H16IN6O10S2-. The topological polar surface area (TPSA) is 254 Å². The fourth-order valence-electron chi connectivity index (χ4n) is 3.98. The van der Waals surface area contributed by atoms with Crippen LogP contribution in [-0.2, 0) is 44.3 Å². The Hall–Kier alpha value is -2.91. The number of aromatic nitrogens is 1. The van der Waals surface area contributed by atoms with Gasteiger partial charge >= 0.3 is 197 Å². The number of hydrogen-bond acceptors (Lipinski definition) is 13. The number of amides is 2. The molecule has 3 aliphatic rings. The van der Waals surface area contributed by atoms with Crippen LogP contribution in [0.3, 0.4) is 0 Å². The van der Waals surface area contributed by atoms with Crippen molar-refractivity contribution in [3.8, 4) is 0 Å². The van der Waals surface area contributed by atoms with E-state index in [1.807, 2.05) is 0 Å². The van der Waals surface area contributed by atoms with Crippen molar-refractivity contribution < 1.29 is 69.4 Å². The zero-order valence-corrected chi connectivity index (χ0v) is 20.9. The maximum absolute atomic E-state index is 13.0. The number of ether oxygens (including phenoxy) is 1. The van der Waals surface area contributed by atoms with Crippen LogP contribution in [0.15, 0.2) is 10.5 Å². The number of nitrogens with zero attached hydrogens (tertiary/aromatic N) is 3. The molecule has 0 radical (unpaired) electrons. The second kappa shape index (κ2) is 9.28. The van der Waals surface area contributed by atoms with E-state index in [4.69, 9.17) is 19.5 Å². The van der Waals surface area contributed by atoms with E-state index in [1.165, 1.54) is 5.38 Å². The number of nitrogens with two attached hydrogens (primary N) is 2. The van der Waals surface area contributed by atoms with Crippen molar-refractivity contribution in [2.24, 2.45) is 15.0 Å². The minimum atomic E-state index is -2.37. The van der Waals surface area contributed by atoms with Crippen LogP contribution in [0.4, 0.5) is 5.13 Å². The first-order chi connectivity index (χ1) is 16.5. The van der Waals surface area contributed by atoms with Gasteiger partial charge < -0.3 is 10.8 Å². The number of alkyl halides is 1. The van der Waals surface area contributed by atoms with Crippen LogP contribution >= 0.6 is 11.3 Å². The molecule has 7 N–H and O–H groups in total. The normalized spacial score (nSPS) is 31.7. The molecule has 1 aromatic rings. The zero-order chi connectivity index (χ0) is 25.7. The molecule has 0 bridgehead atoms. The number of carbonyl (C=O) groups is 5. The average Bonchev–Trinajstić information content (AvgIpc) is 3.33. The molecule has 0 aliphatic carbocycles. The third-order valence-corrected chi connectivity index (χ3v) is 9.94. The predicted octanol–water partition coefficient (Wildman–Crippen LogP) is -6.77. The van der Waals surface area contributed by atoms with Crippen LogP contribution in [-0.4, -0.2) is 93.2 Å². The summed E-state index contributed by atoms with van der Waals surface area (Å²) in [4.78, 5) is 70.4. The number of oxime groups is 1. The number of esters is 1. The van der Waals surface area contributed by atoms with Crippen LogP contribution in [0.25, 0.3) is 0 Å². The average molecular weight is 643 g/mol. The Morgan fingerprint density at radius 2 is 2.14 bits per heavy atom. The summed E-state index contributed by atoms with van der Waals surface area (Å²) in [6.07, 6.45) is 0. The fourth-order valence-corrected chi connectivity index (χ4v) is 8.48. The van der Waals surface area contributed by atoms with Gasteiger partial charge in [0.2, 0.25) is 0 Å². The van der Waals surface area contributed by atoms with E-state index >= 15 is 0 Å². The second-order valence-corrected chi connectivity index (χ2v) is 11.9. The number of carboxylic acids is 2. The molecule has 6 atom stereocenters. The molecule has 1 aromatic heterocycles. The molecule has 4 heterocycles. The van der Waals surface area contributed by atoms with Gasteiger partial charge in [0.1, 0.15) is 0 Å². The molecule has 0 aromatic carbocycles. The van der Waals surface area contributed by atoms with Crippen molar-refractivity contribution in [1.29, 1.82) is 0 Å². The van der Waals surface area contributed by atoms with Gasteiger partial charge in [0.25, 0.3) is 0 Å². The van der Waals surface area contributed by atoms with Gasteiger partial charge in [-0.25, -0.2) is 4.79 Å². The molecule has 0 saturated carbocycles. The molecule has 3 fully saturated rings. The predicted molar refractivity (Wildman–Crippen MR) is 110 cm³/mol. The van der Waals surface area contributed by atoms with E-state index in [2.05, 4.69) is 20.3 Å². The summed E-state index contributed by atoms with van der Waals surface area (Å²) in [5.41, 5.74) is 2.60. The van der Waals surface area contributed by atoms with Crippen molar-refractivity contribution in [2.75, 3.05) is 18.1 Å². The van der Waals surface area contributed by atoms with Crippen molar-refractivity contribution >= 4 is 62.7 Å². The molecule has 0 spiro atoms. The SMILES string of the molecule is N[I-][C@@H]1C(=O)OC2(C(=O)O)[C@@H]1C[S@@](=O)[C@@H]1[C@H](NC(=O)/C(=N\OCC(=O)O)c3csc(N)n3)C(=O)N12. The van der Waals surface area contributed by atoms with E-state index in [0.29, 0.717) is 4.90 Å². The van der Waals surface area contributed by atoms with Crippen molar-refractivity contribution in [2.45, 2.75) is 21.1 Å². The second-order valence-electron chi connectivity index (χ2n) is 7.33. The number of nitrogen functional groups attached to an aromatic ring is 1. The third kappa shape index (κ3) is 4.00. The number of rotatable bonds is 8. The Balaban J connectivity index is 1.61. The number of nitrogens with one attached hydrogen (secondary N) is 1. The van der Waals surface area contributed by atoms with Crippen molar-refractivity contribution in [1.82, 2.24) is 15.2 Å². The summed E-state index contributed by atoms with van der Waals surface area (Å²) in [5.74, 6) is -7.23. The third-order valence-electron chi connectivity index (χ3n) is 5.40. The number of carboxylic acid groups (broad SMARTS) is 2. The van der Waals surface area contributed by atoms with Gasteiger partial charge in [-0.1, -0.05) is 0 Å². The first-order valence-electron chi connectivity index (χ1n) is 9.45. The number of β-lactam (4-membered cyclic amide) rings is 1. The summed E-state index contributed by atoms with van der Waals surface area (Å²) in [7, 11) is -1.88. The Morgan fingerprint density at radius 3 is 2.71 bits per heavy atom. The summed E-state index contributed by atoms with van der Waals surface area (Å²) in [5, 5.41) is 24.5. The number of carbonyl (C=O) groups excluding carboxylic acids is 3. The Kier molecular flexibility index (Phi) is 6.68. The van der Waals surface area contributed by atoms with Gasteiger partial charge in [-0.2, -0.15) is 0 Å². The van der Waals surface area contributed by atoms with Gasteiger partial charge in [0.05, 0.1) is 0 Å². The van der Waals surface area contributed by atoms with Crippen molar-refractivity contribution in [3.63, 3.8) is 0 Å². The number of anilines is 1. The quantitative estimate of drug-likeness (QED) is 0.0336. The summed E-state index contributed by atoms with van der Waals surface area (Å²) in [6, 6.07) is -1.45. The van der Waals surface area contributed by atoms with E-state index in [1.54, 1.807) is 0 Å². The van der Waals surface area contributed by atoms with Crippen LogP contribution in [0.1, 0.15) is 5.69 Å². The monoisotopic (exact) mass is 643 g/mol. The molecule has 3 saturated heterocycles. The molecule has 1 unspecified atom stereocenters. The number of thiazole rings is 1. The number of aliphatic carboxylic acids is 2. The van der Waals surface area contributed by atoms with E-state index < -0.39 is 101 Å². The summed E-state index contributed by atoms with van der Waals surface area (Å²) >= 11 is -0.370. The first-order valence-corrected chi connectivity index (χ1v) is 14.2. The molecular weight excluding hydrogens is 627 g/mol. The van der Waals surface area contributed by atoms with Gasteiger partial charge in [-0.3, -0.25) is 0 Å². The molecule has 16 nitrogen and oxygen atoms in total. The Morgan fingerprint density at radius 1 is 1.43 bits per heavy atom. The molecule has 190 valence electrons. The number of hydrogen-bond donors (Lipinski definition) is 5. The van der Waals surface area contributed by atoms with E-state index in [-0.39, 0.29) is 16.6 Å². The fraction of sp³-hybridized carbons (Fsp3) is 0.438. The first kappa shape index (κ1) is 25.2. The molecule has 19 heteroatoms. The standard InChI is InChI=1S/C16H16IN6O10S2/c18-15-20-5(2-34-15)8(22-32-1-6(24)25)10(26)21-9-11(27)23-12(9)35(31)3-4-7(17-19)13(28)33-16(4,23)14(29)30/h2,4,7,9,12H,1,3,19H2,(H2,18,20)(H,21,26)(H,24,25)(H,29,30)/q-1/b22-8-/t4-,7+,9-,12-,16?,35-/m1/s1.